The van der Waals surface area contributed by atoms with Crippen LogP contribution in [-0.4, -0.2) is 18.5 Å². The first-order chi connectivity index (χ1) is 7.90. The predicted molar refractivity (Wildman–Crippen MR) is 66.7 cm³/mol. The molecule has 0 aliphatic carbocycles. The molecular weight excluding hydrogens is 288 g/mol. The lowest BCUT2D eigenvalue weighted by molar-refractivity contribution is -0.144. The number of esters is 1. The average Bonchev–Trinajstić information content (AvgIpc) is 2.23. The highest BCUT2D eigenvalue weighted by atomic mass is 35.5. The summed E-state index contributed by atoms with van der Waals surface area (Å²) in [6, 6.07) is 2.82. The van der Waals surface area contributed by atoms with Gasteiger partial charge in [-0.05, 0) is 12.1 Å². The first-order valence-electron chi connectivity index (χ1n) is 4.48. The van der Waals surface area contributed by atoms with E-state index in [2.05, 4.69) is 10.1 Å². The molecule has 0 atom stereocenters. The van der Waals surface area contributed by atoms with Gasteiger partial charge in [-0.3, -0.25) is 9.59 Å². The smallest absolute Gasteiger partial charge is 0.303 e. The van der Waals surface area contributed by atoms with Gasteiger partial charge in [-0.2, -0.15) is 0 Å². The fraction of sp³-hybridized carbons (Fsp3) is 0.200. The van der Waals surface area contributed by atoms with Crippen LogP contribution in [-0.2, 0) is 14.3 Å². The van der Waals surface area contributed by atoms with Crippen LogP contribution in [0.3, 0.4) is 0 Å². The molecule has 0 radical (unpaired) electrons. The van der Waals surface area contributed by atoms with Crippen molar-refractivity contribution in [1.82, 2.24) is 0 Å². The maximum absolute atomic E-state index is 11.3. The number of carbonyl (C=O) groups excluding carboxylic acids is 2. The monoisotopic (exact) mass is 295 g/mol. The van der Waals surface area contributed by atoms with E-state index in [1.165, 1.54) is 19.1 Å². The molecule has 0 aliphatic rings. The van der Waals surface area contributed by atoms with Gasteiger partial charge >= 0.3 is 5.97 Å². The molecule has 17 heavy (non-hydrogen) atoms. The Morgan fingerprint density at radius 3 is 2.35 bits per heavy atom. The topological polar surface area (TPSA) is 55.4 Å². The van der Waals surface area contributed by atoms with Gasteiger partial charge in [0.05, 0.1) is 20.8 Å². The van der Waals surface area contributed by atoms with Crippen LogP contribution in [0.15, 0.2) is 12.1 Å². The van der Waals surface area contributed by atoms with E-state index in [0.717, 1.165) is 0 Å². The van der Waals surface area contributed by atoms with Crippen molar-refractivity contribution in [3.8, 4) is 0 Å². The van der Waals surface area contributed by atoms with Gasteiger partial charge in [-0.25, -0.2) is 0 Å². The van der Waals surface area contributed by atoms with Crippen LogP contribution >= 0.6 is 34.8 Å². The van der Waals surface area contributed by atoms with Crippen molar-refractivity contribution in [2.45, 2.75) is 6.92 Å². The van der Waals surface area contributed by atoms with E-state index in [1.807, 2.05) is 0 Å². The molecule has 1 aromatic carbocycles. The predicted octanol–water partition coefficient (Wildman–Crippen LogP) is 3.15. The number of hydrogen-bond acceptors (Lipinski definition) is 3. The summed E-state index contributed by atoms with van der Waals surface area (Å²) in [5, 5.41) is 3.24. The van der Waals surface area contributed by atoms with E-state index in [-0.39, 0.29) is 21.7 Å². The van der Waals surface area contributed by atoms with Gasteiger partial charge in [0.2, 0.25) is 0 Å². The Labute approximate surface area is 113 Å². The molecule has 0 aromatic heterocycles. The van der Waals surface area contributed by atoms with Gasteiger partial charge in [-0.1, -0.05) is 34.8 Å². The highest BCUT2D eigenvalue weighted by Gasteiger charge is 2.10. The molecule has 0 saturated heterocycles. The largest absolute Gasteiger partial charge is 0.456 e. The number of ether oxygens (including phenoxy) is 1. The van der Waals surface area contributed by atoms with E-state index in [1.54, 1.807) is 0 Å². The van der Waals surface area contributed by atoms with E-state index >= 15 is 0 Å². The van der Waals surface area contributed by atoms with Crippen molar-refractivity contribution in [1.29, 1.82) is 0 Å². The summed E-state index contributed by atoms with van der Waals surface area (Å²) in [6.45, 7) is 0.825. The van der Waals surface area contributed by atoms with E-state index in [4.69, 9.17) is 34.8 Å². The summed E-state index contributed by atoms with van der Waals surface area (Å²) in [7, 11) is 0. The Morgan fingerprint density at radius 1 is 1.18 bits per heavy atom. The van der Waals surface area contributed by atoms with Crippen molar-refractivity contribution in [2.75, 3.05) is 11.9 Å². The van der Waals surface area contributed by atoms with Crippen molar-refractivity contribution < 1.29 is 14.3 Å². The quantitative estimate of drug-likeness (QED) is 0.688. The molecule has 1 aromatic rings. The van der Waals surface area contributed by atoms with Gasteiger partial charge in [0.1, 0.15) is 0 Å². The lowest BCUT2D eigenvalue weighted by Gasteiger charge is -2.08. The minimum Gasteiger partial charge on any atom is -0.456 e. The number of hydrogen-bond donors (Lipinski definition) is 1. The van der Waals surface area contributed by atoms with Gasteiger partial charge in [-0.15, -0.1) is 0 Å². The van der Waals surface area contributed by atoms with Crippen molar-refractivity contribution in [2.24, 2.45) is 0 Å². The lowest BCUT2D eigenvalue weighted by atomic mass is 10.3. The summed E-state index contributed by atoms with van der Waals surface area (Å²) in [5.41, 5.74) is 0.304. The van der Waals surface area contributed by atoms with Crippen LogP contribution in [0.4, 0.5) is 5.69 Å². The van der Waals surface area contributed by atoms with Gasteiger partial charge in [0, 0.05) is 6.92 Å². The molecular formula is C10H8Cl3NO3. The maximum atomic E-state index is 11.3. The number of carbonyl (C=O) groups is 2. The fourth-order valence-corrected chi connectivity index (χ4v) is 1.57. The minimum atomic E-state index is -0.541. The molecule has 92 valence electrons. The van der Waals surface area contributed by atoms with Crippen LogP contribution in [0.5, 0.6) is 0 Å². The molecule has 4 nitrogen and oxygen atoms in total. The molecule has 7 heteroatoms. The summed E-state index contributed by atoms with van der Waals surface area (Å²) in [5.74, 6) is -1.05. The number of benzene rings is 1. The van der Waals surface area contributed by atoms with Crippen LogP contribution in [0.25, 0.3) is 0 Å². The molecule has 1 rings (SSSR count). The Balaban J connectivity index is 2.71. The number of halogens is 3. The first kappa shape index (κ1) is 14.1. The zero-order valence-corrected chi connectivity index (χ0v) is 11.0. The standard InChI is InChI=1S/C10H8Cl3NO3/c1-5(15)17-4-10(16)14-9-3-7(12)6(11)2-8(9)13/h2-3H,4H2,1H3,(H,14,16). The molecule has 0 heterocycles. The van der Waals surface area contributed by atoms with E-state index in [0.29, 0.717) is 5.69 Å². The SMILES string of the molecule is CC(=O)OCC(=O)Nc1cc(Cl)c(Cl)cc1Cl. The van der Waals surface area contributed by atoms with Crippen molar-refractivity contribution in [3.63, 3.8) is 0 Å². The maximum Gasteiger partial charge on any atom is 0.303 e. The summed E-state index contributed by atoms with van der Waals surface area (Å²) in [6.07, 6.45) is 0. The number of anilines is 1. The molecule has 0 spiro atoms. The second-order valence-corrected chi connectivity index (χ2v) is 4.30. The Morgan fingerprint density at radius 2 is 1.76 bits per heavy atom. The summed E-state index contributed by atoms with van der Waals surface area (Å²) < 4.78 is 4.52. The molecule has 0 fully saturated rings. The highest BCUT2D eigenvalue weighted by Crippen LogP contribution is 2.32. The molecule has 0 saturated carbocycles. The first-order valence-corrected chi connectivity index (χ1v) is 5.61. The minimum absolute atomic E-state index is 0.246. The molecule has 1 N–H and O–H groups in total. The van der Waals surface area contributed by atoms with Gasteiger partial charge in [0.25, 0.3) is 5.91 Å². The molecule has 0 unspecified atom stereocenters. The van der Waals surface area contributed by atoms with Crippen LogP contribution in [0.1, 0.15) is 6.92 Å². The molecule has 0 bridgehead atoms. The third kappa shape index (κ3) is 4.42. The Bertz CT molecular complexity index is 462. The third-order valence-electron chi connectivity index (χ3n) is 1.69. The third-order valence-corrected chi connectivity index (χ3v) is 2.73. The second kappa shape index (κ2) is 6.10. The Kier molecular flexibility index (Phi) is 5.05. The van der Waals surface area contributed by atoms with Gasteiger partial charge in [0.15, 0.2) is 6.61 Å². The number of nitrogens with one attached hydrogen (secondary N) is 1. The van der Waals surface area contributed by atoms with Crippen LogP contribution in [0, 0.1) is 0 Å². The summed E-state index contributed by atoms with van der Waals surface area (Å²) in [4.78, 5) is 21.8. The van der Waals surface area contributed by atoms with E-state index in [9.17, 15) is 9.59 Å². The van der Waals surface area contributed by atoms with E-state index < -0.39 is 11.9 Å². The molecule has 1 amide bonds. The normalized spacial score (nSPS) is 9.88. The van der Waals surface area contributed by atoms with Crippen molar-refractivity contribution >= 4 is 52.4 Å². The highest BCUT2D eigenvalue weighted by molar-refractivity contribution is 6.44. The number of rotatable bonds is 3. The Hall–Kier alpha value is -0.970. The summed E-state index contributed by atoms with van der Waals surface area (Å²) >= 11 is 17.3. The molecule has 0 aliphatic heterocycles. The second-order valence-electron chi connectivity index (χ2n) is 3.07. The fourth-order valence-electron chi connectivity index (χ4n) is 0.972. The lowest BCUT2D eigenvalue weighted by Crippen LogP contribution is -2.20. The zero-order chi connectivity index (χ0) is 13.0. The van der Waals surface area contributed by atoms with Crippen molar-refractivity contribution in [3.05, 3.63) is 27.2 Å². The zero-order valence-electron chi connectivity index (χ0n) is 8.72. The number of amides is 1. The van der Waals surface area contributed by atoms with Gasteiger partial charge < -0.3 is 10.1 Å². The van der Waals surface area contributed by atoms with Crippen LogP contribution in [0.2, 0.25) is 15.1 Å². The average molecular weight is 297 g/mol. The van der Waals surface area contributed by atoms with Crippen LogP contribution < -0.4 is 5.32 Å².